The van der Waals surface area contributed by atoms with Crippen molar-refractivity contribution >= 4 is 11.8 Å². The van der Waals surface area contributed by atoms with Crippen molar-refractivity contribution in [1.82, 2.24) is 24.7 Å². The average molecular weight is 393 g/mol. The van der Waals surface area contributed by atoms with Crippen LogP contribution >= 0.6 is 0 Å². The van der Waals surface area contributed by atoms with Crippen LogP contribution in [0, 0.1) is 5.41 Å². The summed E-state index contributed by atoms with van der Waals surface area (Å²) in [6.07, 6.45) is 7.38. The van der Waals surface area contributed by atoms with E-state index in [0.29, 0.717) is 35.7 Å². The Hall–Kier alpha value is -2.51. The Bertz CT molecular complexity index is 911. The van der Waals surface area contributed by atoms with Gasteiger partial charge in [-0.3, -0.25) is 19.4 Å². The van der Waals surface area contributed by atoms with Crippen LogP contribution in [0.5, 0.6) is 0 Å². The number of benzene rings is 1. The molecule has 0 radical (unpaired) electrons. The molecule has 7 nitrogen and oxygen atoms in total. The lowest BCUT2D eigenvalue weighted by Crippen LogP contribution is -2.41. The van der Waals surface area contributed by atoms with E-state index < -0.39 is 0 Å². The van der Waals surface area contributed by atoms with E-state index in [4.69, 9.17) is 0 Å². The van der Waals surface area contributed by atoms with Gasteiger partial charge in [-0.2, -0.15) is 0 Å². The zero-order valence-corrected chi connectivity index (χ0v) is 16.8. The van der Waals surface area contributed by atoms with Crippen molar-refractivity contribution in [2.45, 2.75) is 31.8 Å². The number of nitrogens with one attached hydrogen (secondary N) is 1. The Morgan fingerprint density at radius 3 is 2.48 bits per heavy atom. The van der Waals surface area contributed by atoms with Crippen LogP contribution in [0.4, 0.5) is 0 Å². The highest BCUT2D eigenvalue weighted by atomic mass is 16.2. The van der Waals surface area contributed by atoms with Gasteiger partial charge in [0.05, 0.1) is 17.7 Å². The minimum Gasteiger partial charge on any atom is -0.337 e. The average Bonchev–Trinajstić information content (AvgIpc) is 3.16. The number of piperidine rings is 1. The van der Waals surface area contributed by atoms with Crippen molar-refractivity contribution in [3.05, 3.63) is 53.6 Å². The molecule has 0 bridgehead atoms. The van der Waals surface area contributed by atoms with Gasteiger partial charge in [-0.15, -0.1) is 0 Å². The van der Waals surface area contributed by atoms with Gasteiger partial charge >= 0.3 is 0 Å². The summed E-state index contributed by atoms with van der Waals surface area (Å²) in [5.74, 6) is 0.674. The highest BCUT2D eigenvalue weighted by Crippen LogP contribution is 2.55. The Morgan fingerprint density at radius 1 is 1.17 bits per heavy atom. The zero-order valence-electron chi connectivity index (χ0n) is 16.8. The summed E-state index contributed by atoms with van der Waals surface area (Å²) in [5, 5.41) is 3.46. The Morgan fingerprint density at radius 2 is 1.86 bits per heavy atom. The molecule has 1 aromatic carbocycles. The SMILES string of the molecule is Cn1ccnc1CN(CCN1C(=O)c2ccccc2C1=O)C1CC12CCNCC2. The fraction of sp³-hybridized carbons (Fsp3) is 0.500. The van der Waals surface area contributed by atoms with Crippen LogP contribution < -0.4 is 5.32 Å². The molecule has 2 aromatic rings. The number of amides is 2. The van der Waals surface area contributed by atoms with E-state index in [-0.39, 0.29) is 11.8 Å². The van der Waals surface area contributed by atoms with Crippen molar-refractivity contribution in [2.24, 2.45) is 12.5 Å². The first kappa shape index (κ1) is 18.5. The number of imide groups is 1. The molecule has 3 heterocycles. The number of imidazole rings is 1. The third kappa shape index (κ3) is 3.18. The standard InChI is InChI=1S/C22H27N5O2/c1-25-11-10-24-19(25)15-26(18-14-22(18)6-8-23-9-7-22)12-13-27-20(28)16-4-2-3-5-17(16)21(27)29/h2-5,10-11,18,23H,6-9,12-15H2,1H3. The number of carbonyl (C=O) groups excluding carboxylic acids is 2. The van der Waals surface area contributed by atoms with Gasteiger partial charge in [0.15, 0.2) is 0 Å². The maximum Gasteiger partial charge on any atom is 0.261 e. The first-order valence-electron chi connectivity index (χ1n) is 10.5. The third-order valence-electron chi connectivity index (χ3n) is 6.94. The van der Waals surface area contributed by atoms with Gasteiger partial charge in [-0.25, -0.2) is 4.98 Å². The van der Waals surface area contributed by atoms with E-state index in [1.165, 1.54) is 24.2 Å². The van der Waals surface area contributed by atoms with Gasteiger partial charge in [-0.1, -0.05) is 12.1 Å². The number of carbonyl (C=O) groups is 2. The second-order valence-corrected chi connectivity index (χ2v) is 8.56. The molecule has 1 spiro atoms. The second kappa shape index (κ2) is 7.07. The minimum absolute atomic E-state index is 0.171. The van der Waals surface area contributed by atoms with Crippen LogP contribution in [0.3, 0.4) is 0 Å². The molecule has 2 amide bonds. The van der Waals surface area contributed by atoms with Crippen molar-refractivity contribution in [3.8, 4) is 0 Å². The van der Waals surface area contributed by atoms with E-state index >= 15 is 0 Å². The number of aromatic nitrogens is 2. The van der Waals surface area contributed by atoms with Gasteiger partial charge < -0.3 is 9.88 Å². The van der Waals surface area contributed by atoms with Crippen LogP contribution in [0.15, 0.2) is 36.7 Å². The fourth-order valence-corrected chi connectivity index (χ4v) is 5.05. The van der Waals surface area contributed by atoms with Crippen molar-refractivity contribution in [2.75, 3.05) is 26.2 Å². The molecular weight excluding hydrogens is 366 g/mol. The molecule has 1 aliphatic carbocycles. The Balaban J connectivity index is 1.32. The van der Waals surface area contributed by atoms with Gasteiger partial charge in [0, 0.05) is 38.6 Å². The lowest BCUT2D eigenvalue weighted by molar-refractivity contribution is 0.0625. The second-order valence-electron chi connectivity index (χ2n) is 8.56. The number of nitrogens with zero attached hydrogens (tertiary/aromatic N) is 4. The molecule has 7 heteroatoms. The lowest BCUT2D eigenvalue weighted by Gasteiger charge is -2.30. The number of fused-ring (bicyclic) bond motifs is 1. The maximum atomic E-state index is 12.7. The molecule has 2 aliphatic heterocycles. The van der Waals surface area contributed by atoms with Gasteiger partial charge in [0.2, 0.25) is 0 Å². The molecule has 1 saturated carbocycles. The predicted octanol–water partition coefficient (Wildman–Crippen LogP) is 1.66. The Kier molecular flexibility index (Phi) is 4.52. The van der Waals surface area contributed by atoms with Crippen molar-refractivity contribution in [3.63, 3.8) is 0 Å². The topological polar surface area (TPSA) is 70.5 Å². The smallest absolute Gasteiger partial charge is 0.261 e. The van der Waals surface area contributed by atoms with Crippen LogP contribution in [-0.4, -0.2) is 63.4 Å². The van der Waals surface area contributed by atoms with E-state index in [1.807, 2.05) is 36.1 Å². The summed E-state index contributed by atoms with van der Waals surface area (Å²) in [6.45, 7) is 3.99. The fourth-order valence-electron chi connectivity index (χ4n) is 5.05. The summed E-state index contributed by atoms with van der Waals surface area (Å²) < 4.78 is 2.05. The van der Waals surface area contributed by atoms with Crippen molar-refractivity contribution in [1.29, 1.82) is 0 Å². The largest absolute Gasteiger partial charge is 0.337 e. The summed E-state index contributed by atoms with van der Waals surface area (Å²) in [6, 6.07) is 7.60. The Labute approximate surface area is 170 Å². The molecule has 3 aliphatic rings. The van der Waals surface area contributed by atoms with Crippen LogP contribution in [0.2, 0.25) is 0 Å². The molecule has 1 saturated heterocycles. The molecule has 1 N–H and O–H groups in total. The van der Waals surface area contributed by atoms with Gasteiger partial charge in [-0.05, 0) is 49.9 Å². The highest BCUT2D eigenvalue weighted by Gasteiger charge is 2.56. The lowest BCUT2D eigenvalue weighted by atomic mass is 9.93. The van der Waals surface area contributed by atoms with Crippen LogP contribution in [0.1, 0.15) is 45.8 Å². The van der Waals surface area contributed by atoms with Crippen molar-refractivity contribution < 1.29 is 9.59 Å². The van der Waals surface area contributed by atoms with Crippen LogP contribution in [-0.2, 0) is 13.6 Å². The zero-order chi connectivity index (χ0) is 20.0. The molecule has 5 rings (SSSR count). The summed E-state index contributed by atoms with van der Waals surface area (Å²) in [5.41, 5.74) is 1.43. The predicted molar refractivity (Wildman–Crippen MR) is 108 cm³/mol. The molecule has 1 aromatic heterocycles. The van der Waals surface area contributed by atoms with Crippen LogP contribution in [0.25, 0.3) is 0 Å². The monoisotopic (exact) mass is 393 g/mol. The molecular formula is C22H27N5O2. The molecule has 29 heavy (non-hydrogen) atoms. The number of hydrogen-bond acceptors (Lipinski definition) is 5. The molecule has 152 valence electrons. The van der Waals surface area contributed by atoms with Gasteiger partial charge in [0.25, 0.3) is 11.8 Å². The molecule has 2 fully saturated rings. The number of hydrogen-bond donors (Lipinski definition) is 1. The summed E-state index contributed by atoms with van der Waals surface area (Å²) >= 11 is 0. The first-order valence-corrected chi connectivity index (χ1v) is 10.5. The maximum absolute atomic E-state index is 12.7. The van der Waals surface area contributed by atoms with E-state index in [0.717, 1.165) is 25.5 Å². The first-order chi connectivity index (χ1) is 14.1. The highest BCUT2D eigenvalue weighted by molar-refractivity contribution is 6.21. The quantitative estimate of drug-likeness (QED) is 0.756. The summed E-state index contributed by atoms with van der Waals surface area (Å²) in [7, 11) is 2.01. The minimum atomic E-state index is -0.171. The number of rotatable bonds is 6. The molecule has 1 unspecified atom stereocenters. The molecule has 1 atom stereocenters. The van der Waals surface area contributed by atoms with E-state index in [9.17, 15) is 9.59 Å². The normalized spacial score (nSPS) is 22.6. The van der Waals surface area contributed by atoms with E-state index in [2.05, 4.69) is 15.2 Å². The van der Waals surface area contributed by atoms with E-state index in [1.54, 1.807) is 12.1 Å². The number of aryl methyl sites for hydroxylation is 1. The third-order valence-corrected chi connectivity index (χ3v) is 6.94. The van der Waals surface area contributed by atoms with Gasteiger partial charge in [0.1, 0.15) is 5.82 Å². The summed E-state index contributed by atoms with van der Waals surface area (Å²) in [4.78, 5) is 33.8.